The Labute approximate surface area is 165 Å². The molecule has 7 nitrogen and oxygen atoms in total. The quantitative estimate of drug-likeness (QED) is 0.343. The molecule has 2 aromatic carbocycles. The fourth-order valence-electron chi connectivity index (χ4n) is 2.90. The van der Waals surface area contributed by atoms with E-state index in [0.29, 0.717) is 47.1 Å². The maximum Gasteiger partial charge on any atom is 0.311 e. The predicted octanol–water partition coefficient (Wildman–Crippen LogP) is 4.09. The molecule has 0 radical (unpaired) electrons. The van der Waals surface area contributed by atoms with Crippen LogP contribution in [0.4, 0.5) is 4.39 Å². The number of carbonyl (C=O) groups excluding carboxylic acids is 1. The molecule has 0 bridgehead atoms. The molecule has 2 aromatic heterocycles. The smallest absolute Gasteiger partial charge is 0.311 e. The van der Waals surface area contributed by atoms with Gasteiger partial charge in [-0.15, -0.1) is 0 Å². The Balaban J connectivity index is 1.41. The van der Waals surface area contributed by atoms with Gasteiger partial charge in [0.15, 0.2) is 5.58 Å². The molecule has 8 heteroatoms. The molecule has 4 aromatic rings. The van der Waals surface area contributed by atoms with Crippen molar-refractivity contribution in [2.75, 3.05) is 7.11 Å². The summed E-state index contributed by atoms with van der Waals surface area (Å²) in [6, 6.07) is 13.1. The van der Waals surface area contributed by atoms with Crippen LogP contribution in [0.1, 0.15) is 23.4 Å². The molecule has 0 aliphatic rings. The number of halogens is 1. The Morgan fingerprint density at radius 3 is 2.76 bits per heavy atom. The van der Waals surface area contributed by atoms with Crippen molar-refractivity contribution in [2.24, 2.45) is 0 Å². The minimum atomic E-state index is -0.425. The minimum Gasteiger partial charge on any atom is -0.479 e. The Hall–Kier alpha value is -3.68. The molecule has 148 valence electrons. The lowest BCUT2D eigenvalue weighted by atomic mass is 10.1. The van der Waals surface area contributed by atoms with Gasteiger partial charge in [-0.1, -0.05) is 23.4 Å². The molecule has 0 atom stereocenters. The van der Waals surface area contributed by atoms with Crippen molar-refractivity contribution in [3.8, 4) is 11.6 Å². The Bertz CT molecular complexity index is 1150. The zero-order chi connectivity index (χ0) is 20.2. The Kier molecular flexibility index (Phi) is 5.24. The molecule has 0 spiro atoms. The molecule has 0 N–H and O–H groups in total. The van der Waals surface area contributed by atoms with Crippen molar-refractivity contribution in [2.45, 2.75) is 19.3 Å². The zero-order valence-electron chi connectivity index (χ0n) is 15.6. The fourth-order valence-corrected chi connectivity index (χ4v) is 2.90. The summed E-state index contributed by atoms with van der Waals surface area (Å²) in [6.07, 6.45) is 0.761. The van der Waals surface area contributed by atoms with Crippen LogP contribution in [0.2, 0.25) is 0 Å². The van der Waals surface area contributed by atoms with Crippen LogP contribution in [0.25, 0.3) is 11.0 Å². The van der Waals surface area contributed by atoms with Gasteiger partial charge in [0.1, 0.15) is 17.3 Å². The molecule has 4 rings (SSSR count). The van der Waals surface area contributed by atoms with Crippen LogP contribution in [0, 0.1) is 5.82 Å². The van der Waals surface area contributed by atoms with Crippen LogP contribution in [-0.2, 0) is 17.6 Å². The van der Waals surface area contributed by atoms with Gasteiger partial charge in [-0.05, 0) is 28.9 Å². The van der Waals surface area contributed by atoms with Gasteiger partial charge in [-0.25, -0.2) is 4.39 Å². The van der Waals surface area contributed by atoms with Gasteiger partial charge >= 0.3 is 5.97 Å². The van der Waals surface area contributed by atoms with Gasteiger partial charge in [-0.3, -0.25) is 4.79 Å². The van der Waals surface area contributed by atoms with Crippen LogP contribution in [0.5, 0.6) is 11.6 Å². The molecule has 0 amide bonds. The number of ether oxygens (including phenoxy) is 2. The highest BCUT2D eigenvalue weighted by Crippen LogP contribution is 2.26. The summed E-state index contributed by atoms with van der Waals surface area (Å²) in [5.41, 5.74) is 1.60. The van der Waals surface area contributed by atoms with Crippen molar-refractivity contribution in [1.82, 2.24) is 10.3 Å². The van der Waals surface area contributed by atoms with E-state index in [1.807, 2.05) is 0 Å². The van der Waals surface area contributed by atoms with E-state index in [4.69, 9.17) is 18.5 Å². The number of benzene rings is 2. The van der Waals surface area contributed by atoms with E-state index in [2.05, 4.69) is 10.3 Å². The van der Waals surface area contributed by atoms with Crippen molar-refractivity contribution in [3.05, 3.63) is 71.4 Å². The number of methoxy groups -OCH3 is 1. The molecule has 0 aliphatic heterocycles. The summed E-state index contributed by atoms with van der Waals surface area (Å²) in [7, 11) is 1.48. The fraction of sp³-hybridized carbons (Fsp3) is 0.190. The summed E-state index contributed by atoms with van der Waals surface area (Å²) >= 11 is 0. The highest BCUT2D eigenvalue weighted by atomic mass is 19.1. The summed E-state index contributed by atoms with van der Waals surface area (Å²) in [4.78, 5) is 12.1. The van der Waals surface area contributed by atoms with Gasteiger partial charge in [-0.2, -0.15) is 0 Å². The third-order valence-electron chi connectivity index (χ3n) is 4.39. The maximum absolute atomic E-state index is 13.9. The van der Waals surface area contributed by atoms with Gasteiger partial charge in [0.05, 0.1) is 19.2 Å². The molecule has 0 fully saturated rings. The topological polar surface area (TPSA) is 87.6 Å². The van der Waals surface area contributed by atoms with E-state index in [1.165, 1.54) is 13.2 Å². The number of nitrogens with zero attached hydrogens (tertiary/aromatic N) is 2. The zero-order valence-corrected chi connectivity index (χ0v) is 15.6. The normalized spacial score (nSPS) is 11.0. The summed E-state index contributed by atoms with van der Waals surface area (Å²) in [5.74, 6) is 0.508. The van der Waals surface area contributed by atoms with E-state index >= 15 is 0 Å². The third-order valence-corrected chi connectivity index (χ3v) is 4.39. The van der Waals surface area contributed by atoms with Crippen molar-refractivity contribution in [3.63, 3.8) is 0 Å². The largest absolute Gasteiger partial charge is 0.479 e. The van der Waals surface area contributed by atoms with Crippen LogP contribution < -0.4 is 9.47 Å². The monoisotopic (exact) mass is 396 g/mol. The summed E-state index contributed by atoms with van der Waals surface area (Å²) in [5, 5.41) is 8.44. The number of esters is 1. The average Bonchev–Trinajstić information content (AvgIpc) is 3.35. The summed E-state index contributed by atoms with van der Waals surface area (Å²) < 4.78 is 34.5. The van der Waals surface area contributed by atoms with Crippen molar-refractivity contribution < 1.29 is 27.7 Å². The first-order valence-corrected chi connectivity index (χ1v) is 8.94. The van der Waals surface area contributed by atoms with Crippen LogP contribution in [-0.4, -0.2) is 23.4 Å². The molecule has 29 heavy (non-hydrogen) atoms. The van der Waals surface area contributed by atoms with Gasteiger partial charge in [0.2, 0.25) is 0 Å². The molecule has 0 saturated heterocycles. The number of aromatic nitrogens is 2. The highest BCUT2D eigenvalue weighted by molar-refractivity contribution is 5.82. The van der Waals surface area contributed by atoms with Gasteiger partial charge in [0.25, 0.3) is 5.88 Å². The number of rotatable bonds is 7. The molecule has 0 aliphatic carbocycles. The van der Waals surface area contributed by atoms with Crippen LogP contribution in [0.15, 0.2) is 57.6 Å². The second-order valence-electron chi connectivity index (χ2n) is 6.37. The number of hydrogen-bond donors (Lipinski definition) is 0. The molecule has 2 heterocycles. The van der Waals surface area contributed by atoms with Gasteiger partial charge < -0.3 is 18.5 Å². The second-order valence-corrected chi connectivity index (χ2v) is 6.37. The number of fused-ring (bicyclic) bond motifs is 1. The second kappa shape index (κ2) is 8.14. The molecular weight excluding hydrogens is 379 g/mol. The van der Waals surface area contributed by atoms with E-state index in [0.717, 1.165) is 5.39 Å². The first-order chi connectivity index (χ1) is 14.1. The summed E-state index contributed by atoms with van der Waals surface area (Å²) in [6.45, 7) is 0. The van der Waals surface area contributed by atoms with Gasteiger partial charge in [0, 0.05) is 30.4 Å². The van der Waals surface area contributed by atoms with Crippen molar-refractivity contribution in [1.29, 1.82) is 0 Å². The van der Waals surface area contributed by atoms with E-state index in [1.54, 1.807) is 42.5 Å². The minimum absolute atomic E-state index is 0.116. The van der Waals surface area contributed by atoms with Crippen molar-refractivity contribution >= 4 is 16.9 Å². The maximum atomic E-state index is 13.9. The van der Waals surface area contributed by atoms with Crippen LogP contribution in [0.3, 0.4) is 0 Å². The average molecular weight is 396 g/mol. The molecule has 0 saturated carbocycles. The lowest BCUT2D eigenvalue weighted by Gasteiger charge is -2.03. The molecule has 0 unspecified atom stereocenters. The number of aryl methyl sites for hydroxylation is 1. The number of hydrogen-bond acceptors (Lipinski definition) is 7. The lowest BCUT2D eigenvalue weighted by molar-refractivity contribution is -0.134. The first-order valence-electron chi connectivity index (χ1n) is 8.94. The lowest BCUT2D eigenvalue weighted by Crippen LogP contribution is -2.08. The van der Waals surface area contributed by atoms with E-state index < -0.39 is 5.97 Å². The SMILES string of the molecule is COc1cc(CCC(=O)Oc2ccc3c(Cc4ccccc4F)noc3c2)on1. The standard InChI is InChI=1S/C21H17FN2O5/c1-26-20-12-15(28-24-20)7-9-21(25)27-14-6-8-16-18(23-29-19(16)11-14)10-13-4-2-3-5-17(13)22/h2-6,8,11-12H,7,9-10H2,1H3. The Morgan fingerprint density at radius 2 is 1.97 bits per heavy atom. The third kappa shape index (κ3) is 4.26. The van der Waals surface area contributed by atoms with Crippen LogP contribution >= 0.6 is 0 Å². The predicted molar refractivity (Wildman–Crippen MR) is 100 cm³/mol. The number of carbonyl (C=O) groups is 1. The Morgan fingerprint density at radius 1 is 1.10 bits per heavy atom. The van der Waals surface area contributed by atoms with E-state index in [9.17, 15) is 9.18 Å². The highest BCUT2D eigenvalue weighted by Gasteiger charge is 2.14. The molecular formula is C21H17FN2O5. The van der Waals surface area contributed by atoms with E-state index in [-0.39, 0.29) is 12.2 Å². The first kappa shape index (κ1) is 18.7.